The number of nitro benzene ring substituents is 1. The number of nitro groups is 1. The molecule has 1 amide bonds. The molecule has 2 aromatic carbocycles. The third-order valence-electron chi connectivity index (χ3n) is 5.23. The van der Waals surface area contributed by atoms with Crippen LogP contribution in [0.4, 0.5) is 5.69 Å². The van der Waals surface area contributed by atoms with Gasteiger partial charge in [0, 0.05) is 19.2 Å². The van der Waals surface area contributed by atoms with Crippen molar-refractivity contribution in [3.8, 4) is 17.6 Å². The minimum atomic E-state index is -4.02. The maximum atomic E-state index is 12.8. The molecule has 35 heavy (non-hydrogen) atoms. The van der Waals surface area contributed by atoms with Gasteiger partial charge in [0.15, 0.2) is 0 Å². The first kappa shape index (κ1) is 24.6. The van der Waals surface area contributed by atoms with Gasteiger partial charge in [-0.25, -0.2) is 8.42 Å². The van der Waals surface area contributed by atoms with Gasteiger partial charge in [0.05, 0.1) is 14.8 Å². The van der Waals surface area contributed by atoms with Crippen LogP contribution in [0, 0.1) is 21.4 Å². The lowest BCUT2D eigenvalue weighted by Gasteiger charge is -2.16. The summed E-state index contributed by atoms with van der Waals surface area (Å²) in [7, 11) is -4.02. The van der Waals surface area contributed by atoms with Gasteiger partial charge in [0.25, 0.3) is 0 Å². The Hall–Kier alpha value is -3.50. The number of nitriles is 1. The number of para-hydroxylation sites is 1. The summed E-state index contributed by atoms with van der Waals surface area (Å²) in [4.78, 5) is 25.3. The lowest BCUT2D eigenvalue weighted by atomic mass is 10.3. The van der Waals surface area contributed by atoms with Crippen LogP contribution in [0.25, 0.3) is 0 Å². The van der Waals surface area contributed by atoms with Gasteiger partial charge in [-0.15, -0.1) is 11.3 Å². The van der Waals surface area contributed by atoms with E-state index in [4.69, 9.17) is 21.6 Å². The van der Waals surface area contributed by atoms with Crippen LogP contribution in [-0.2, 0) is 21.4 Å². The highest BCUT2D eigenvalue weighted by Crippen LogP contribution is 2.37. The van der Waals surface area contributed by atoms with Crippen molar-refractivity contribution in [1.82, 2.24) is 9.62 Å². The summed E-state index contributed by atoms with van der Waals surface area (Å²) in [6.45, 7) is 0.683. The van der Waals surface area contributed by atoms with Gasteiger partial charge in [-0.2, -0.15) is 9.98 Å². The van der Waals surface area contributed by atoms with Crippen molar-refractivity contribution in [1.29, 1.82) is 5.26 Å². The zero-order valence-electron chi connectivity index (χ0n) is 17.9. The summed E-state index contributed by atoms with van der Waals surface area (Å²) in [6.07, 6.45) is 0.310. The van der Waals surface area contributed by atoms with E-state index in [0.29, 0.717) is 24.4 Å². The van der Waals surface area contributed by atoms with E-state index in [1.54, 1.807) is 16.3 Å². The molecule has 0 spiro atoms. The molecule has 0 aliphatic carbocycles. The molecule has 1 aromatic heterocycles. The molecule has 0 bridgehead atoms. The van der Waals surface area contributed by atoms with Gasteiger partial charge in [0.1, 0.15) is 22.7 Å². The van der Waals surface area contributed by atoms with Gasteiger partial charge >= 0.3 is 5.69 Å². The number of rotatable bonds is 8. The molecule has 1 atom stereocenters. The predicted octanol–water partition coefficient (Wildman–Crippen LogP) is 4.05. The van der Waals surface area contributed by atoms with Crippen molar-refractivity contribution in [2.24, 2.45) is 0 Å². The van der Waals surface area contributed by atoms with E-state index in [9.17, 15) is 23.3 Å². The number of halogens is 1. The van der Waals surface area contributed by atoms with E-state index in [0.717, 1.165) is 5.56 Å². The van der Waals surface area contributed by atoms with Crippen molar-refractivity contribution >= 4 is 44.6 Å². The average molecular weight is 533 g/mol. The van der Waals surface area contributed by atoms with Crippen LogP contribution < -0.4 is 9.46 Å². The molecule has 4 rings (SSSR count). The Bertz CT molecular complexity index is 1430. The highest BCUT2D eigenvalue weighted by Gasteiger charge is 2.35. The first-order valence-corrected chi connectivity index (χ1v) is 12.9. The van der Waals surface area contributed by atoms with Gasteiger partial charge in [-0.1, -0.05) is 17.7 Å². The number of sulfonamides is 1. The van der Waals surface area contributed by atoms with Crippen molar-refractivity contribution in [3.63, 3.8) is 0 Å². The number of amides is 1. The predicted molar refractivity (Wildman–Crippen MR) is 128 cm³/mol. The molecule has 1 saturated heterocycles. The second kappa shape index (κ2) is 10.0. The third kappa shape index (κ3) is 5.44. The maximum absolute atomic E-state index is 12.8. The Morgan fingerprint density at radius 3 is 2.69 bits per heavy atom. The summed E-state index contributed by atoms with van der Waals surface area (Å²) in [6, 6.07) is 12.2. The minimum absolute atomic E-state index is 0.0353. The number of likely N-dealkylation sites (tertiary alicyclic amines) is 1. The number of nitrogens with zero attached hydrogens (tertiary/aromatic N) is 3. The average Bonchev–Trinajstić information content (AvgIpc) is 3.42. The van der Waals surface area contributed by atoms with E-state index < -0.39 is 21.0 Å². The second-order valence-corrected chi connectivity index (χ2v) is 10.6. The third-order valence-corrected chi connectivity index (χ3v) is 7.90. The van der Waals surface area contributed by atoms with E-state index in [1.165, 1.54) is 53.8 Å². The topological polar surface area (TPSA) is 143 Å². The Kier molecular flexibility index (Phi) is 7.04. The number of hydrogen-bond donors (Lipinski definition) is 1. The van der Waals surface area contributed by atoms with E-state index >= 15 is 0 Å². The number of carbonyl (C=O) groups is 1. The van der Waals surface area contributed by atoms with E-state index in [2.05, 4.69) is 4.72 Å². The first-order chi connectivity index (χ1) is 16.7. The molecule has 0 saturated carbocycles. The zero-order chi connectivity index (χ0) is 25.2. The molecule has 1 fully saturated rings. The van der Waals surface area contributed by atoms with Gasteiger partial charge in [-0.3, -0.25) is 14.9 Å². The van der Waals surface area contributed by atoms with Crippen molar-refractivity contribution in [3.05, 3.63) is 79.5 Å². The molecule has 0 radical (unpaired) electrons. The molecule has 3 aromatic rings. The van der Waals surface area contributed by atoms with Crippen LogP contribution >= 0.6 is 22.9 Å². The fourth-order valence-electron chi connectivity index (χ4n) is 3.55. The van der Waals surface area contributed by atoms with Crippen LogP contribution in [-0.4, -0.2) is 36.7 Å². The summed E-state index contributed by atoms with van der Waals surface area (Å²) in [5, 5.41) is 22.0. The molecule has 1 aliphatic heterocycles. The van der Waals surface area contributed by atoms with Gasteiger partial charge in [-0.05, 0) is 53.8 Å². The number of benzene rings is 2. The molecule has 1 N–H and O–H groups in total. The van der Waals surface area contributed by atoms with Crippen LogP contribution in [0.2, 0.25) is 5.02 Å². The van der Waals surface area contributed by atoms with Crippen LogP contribution in [0.5, 0.6) is 11.5 Å². The van der Waals surface area contributed by atoms with Crippen LogP contribution in [0.3, 0.4) is 0 Å². The number of carbonyl (C=O) groups excluding carboxylic acids is 1. The van der Waals surface area contributed by atoms with E-state index in [1.807, 2.05) is 6.07 Å². The number of hydrogen-bond acceptors (Lipinski definition) is 8. The molecule has 180 valence electrons. The Balaban J connectivity index is 1.43. The van der Waals surface area contributed by atoms with E-state index in [-0.39, 0.29) is 33.0 Å². The molecule has 13 heteroatoms. The largest absolute Gasteiger partial charge is 0.449 e. The van der Waals surface area contributed by atoms with Crippen molar-refractivity contribution in [2.75, 3.05) is 6.54 Å². The summed E-state index contributed by atoms with van der Waals surface area (Å²) >= 11 is 7.31. The smallest absolute Gasteiger partial charge is 0.313 e. The normalized spacial score (nSPS) is 15.7. The maximum Gasteiger partial charge on any atom is 0.313 e. The Morgan fingerprint density at radius 1 is 1.29 bits per heavy atom. The second-order valence-electron chi connectivity index (χ2n) is 7.57. The quantitative estimate of drug-likeness (QED) is 0.340. The monoisotopic (exact) mass is 532 g/mol. The number of thiophene rings is 1. The molecular weight excluding hydrogens is 516 g/mol. The molecule has 1 unspecified atom stereocenters. The highest BCUT2D eigenvalue weighted by atomic mass is 35.5. The standard InChI is InChI=1S/C22H17ClN4O6S2/c23-18-2-1-3-20(27(29)30)21(18)33-15-4-6-17(7-5-15)35(31,32)25-19-8-9-26(22(19)28)12-14-10-16(11-24)34-13-14/h1-7,10,13,19,25H,8-9,12H2. The lowest BCUT2D eigenvalue weighted by Crippen LogP contribution is -2.41. The zero-order valence-corrected chi connectivity index (χ0v) is 20.3. The molecular formula is C22H17ClN4O6S2. The SMILES string of the molecule is N#Cc1cc(CN2CCC(NS(=O)(=O)c3ccc(Oc4c(Cl)cccc4[N+](=O)[O-])cc3)C2=O)cs1. The Morgan fingerprint density at radius 2 is 2.03 bits per heavy atom. The lowest BCUT2D eigenvalue weighted by molar-refractivity contribution is -0.385. The number of ether oxygens (including phenoxy) is 1. The fraction of sp³-hybridized carbons (Fsp3) is 0.182. The molecule has 2 heterocycles. The van der Waals surface area contributed by atoms with Gasteiger partial charge < -0.3 is 9.64 Å². The van der Waals surface area contributed by atoms with Crippen LogP contribution in [0.1, 0.15) is 16.9 Å². The number of nitrogens with one attached hydrogen (secondary N) is 1. The van der Waals surface area contributed by atoms with Crippen LogP contribution in [0.15, 0.2) is 58.8 Å². The Labute approximate surface area is 209 Å². The summed E-state index contributed by atoms with van der Waals surface area (Å²) in [5.41, 5.74) is 0.490. The molecule has 10 nitrogen and oxygen atoms in total. The van der Waals surface area contributed by atoms with Gasteiger partial charge in [0.2, 0.25) is 21.7 Å². The van der Waals surface area contributed by atoms with Crippen molar-refractivity contribution in [2.45, 2.75) is 23.9 Å². The fourth-order valence-corrected chi connectivity index (χ4v) is 5.67. The summed E-state index contributed by atoms with van der Waals surface area (Å²) < 4.78 is 33.6. The molecule has 1 aliphatic rings. The summed E-state index contributed by atoms with van der Waals surface area (Å²) in [5.74, 6) is -0.350. The minimum Gasteiger partial charge on any atom is -0.449 e. The van der Waals surface area contributed by atoms with Crippen molar-refractivity contribution < 1.29 is 22.9 Å². The highest BCUT2D eigenvalue weighted by molar-refractivity contribution is 7.89. The first-order valence-electron chi connectivity index (χ1n) is 10.2.